The number of methoxy groups -OCH3 is 1. The normalized spacial score (nSPS) is 10.9. The molecule has 0 aliphatic rings. The zero-order chi connectivity index (χ0) is 22.5. The molecule has 11 heteroatoms. The van der Waals surface area contributed by atoms with Crippen molar-refractivity contribution in [3.05, 3.63) is 82.9 Å². The van der Waals surface area contributed by atoms with Gasteiger partial charge in [-0.1, -0.05) is 12.1 Å². The van der Waals surface area contributed by atoms with Crippen LogP contribution < -0.4 is 14.9 Å². The number of pyridine rings is 1. The fourth-order valence-electron chi connectivity index (χ4n) is 2.39. The molecule has 1 heterocycles. The number of anilines is 1. The number of esters is 1. The van der Waals surface area contributed by atoms with Gasteiger partial charge in [0.25, 0.3) is 11.9 Å². The van der Waals surface area contributed by atoms with Crippen LogP contribution in [0.25, 0.3) is 0 Å². The lowest BCUT2D eigenvalue weighted by Gasteiger charge is -2.10. The molecule has 0 spiro atoms. The van der Waals surface area contributed by atoms with Gasteiger partial charge in [0.05, 0.1) is 18.9 Å². The summed E-state index contributed by atoms with van der Waals surface area (Å²) in [7, 11) is 1.28. The number of carbonyl (C=O) groups excluding carboxylic acids is 1. The molecule has 0 unspecified atom stereocenters. The molecule has 0 aliphatic carbocycles. The molecule has 0 aliphatic heterocycles. The van der Waals surface area contributed by atoms with Crippen molar-refractivity contribution in [2.24, 2.45) is 5.10 Å². The van der Waals surface area contributed by atoms with Gasteiger partial charge in [0, 0.05) is 0 Å². The molecule has 2 aromatic carbocycles. The standard InChI is InChI=1S/C20H12F5N3O3/c1-30-14-8-10(9-26-28-17-15(22)18(24)27-19(25)16(17)23)6-7-13(14)31-20(29)11-4-2-3-5-12(11)21/h2-9H,1H3,(H,27,28)/b26-9+. The van der Waals surface area contributed by atoms with Crippen molar-refractivity contribution in [1.29, 1.82) is 0 Å². The van der Waals surface area contributed by atoms with Gasteiger partial charge in [0.1, 0.15) is 11.5 Å². The van der Waals surface area contributed by atoms with Gasteiger partial charge in [0.15, 0.2) is 11.5 Å². The maximum absolute atomic E-state index is 13.7. The van der Waals surface area contributed by atoms with Gasteiger partial charge in [-0.05, 0) is 35.9 Å². The Hall–Kier alpha value is -4.02. The van der Waals surface area contributed by atoms with E-state index < -0.39 is 41.0 Å². The molecule has 0 saturated carbocycles. The molecule has 1 N–H and O–H groups in total. The van der Waals surface area contributed by atoms with E-state index in [1.807, 2.05) is 5.43 Å². The lowest BCUT2D eigenvalue weighted by molar-refractivity contribution is 0.0725. The summed E-state index contributed by atoms with van der Waals surface area (Å²) in [4.78, 5) is 14.6. The minimum Gasteiger partial charge on any atom is -0.493 e. The van der Waals surface area contributed by atoms with E-state index in [1.165, 1.54) is 43.5 Å². The van der Waals surface area contributed by atoms with Crippen LogP contribution in [-0.4, -0.2) is 24.3 Å². The van der Waals surface area contributed by atoms with Gasteiger partial charge in [-0.15, -0.1) is 0 Å². The van der Waals surface area contributed by atoms with E-state index >= 15 is 0 Å². The molecule has 6 nitrogen and oxygen atoms in total. The van der Waals surface area contributed by atoms with Crippen molar-refractivity contribution in [2.75, 3.05) is 12.5 Å². The molecule has 160 valence electrons. The number of rotatable bonds is 6. The van der Waals surface area contributed by atoms with Gasteiger partial charge in [-0.2, -0.15) is 27.6 Å². The first kappa shape index (κ1) is 21.7. The SMILES string of the molecule is COc1cc(/C=N/Nc2c(F)c(F)nc(F)c2F)ccc1OC(=O)c1ccccc1F. The van der Waals surface area contributed by atoms with Crippen molar-refractivity contribution >= 4 is 17.9 Å². The largest absolute Gasteiger partial charge is 0.493 e. The number of hydrogen-bond acceptors (Lipinski definition) is 6. The van der Waals surface area contributed by atoms with Crippen LogP contribution in [0.5, 0.6) is 11.5 Å². The van der Waals surface area contributed by atoms with Crippen LogP contribution in [0, 0.1) is 29.3 Å². The highest BCUT2D eigenvalue weighted by Crippen LogP contribution is 2.29. The first-order chi connectivity index (χ1) is 14.8. The Balaban J connectivity index is 1.78. The number of halogens is 5. The summed E-state index contributed by atoms with van der Waals surface area (Å²) in [5, 5.41) is 3.51. The van der Waals surface area contributed by atoms with Crippen molar-refractivity contribution in [2.45, 2.75) is 0 Å². The first-order valence-electron chi connectivity index (χ1n) is 8.45. The second-order valence-corrected chi connectivity index (χ2v) is 5.85. The Morgan fingerprint density at radius 2 is 1.68 bits per heavy atom. The number of nitrogens with zero attached hydrogens (tertiary/aromatic N) is 2. The van der Waals surface area contributed by atoms with E-state index in [0.29, 0.717) is 5.56 Å². The molecule has 3 aromatic rings. The zero-order valence-corrected chi connectivity index (χ0v) is 15.6. The zero-order valence-electron chi connectivity index (χ0n) is 15.6. The predicted molar refractivity (Wildman–Crippen MR) is 99.6 cm³/mol. The quantitative estimate of drug-likeness (QED) is 0.154. The number of benzene rings is 2. The summed E-state index contributed by atoms with van der Waals surface area (Å²) in [6, 6.07) is 9.28. The topological polar surface area (TPSA) is 72.8 Å². The fraction of sp³-hybridized carbons (Fsp3) is 0.0500. The second kappa shape index (κ2) is 9.20. The third-order valence-corrected chi connectivity index (χ3v) is 3.87. The Labute approximate surface area is 171 Å². The van der Waals surface area contributed by atoms with Crippen LogP contribution >= 0.6 is 0 Å². The number of hydrogen-bond donors (Lipinski definition) is 1. The number of nitrogens with one attached hydrogen (secondary N) is 1. The molecule has 0 radical (unpaired) electrons. The minimum atomic E-state index is -1.83. The van der Waals surface area contributed by atoms with Crippen LogP contribution in [0.3, 0.4) is 0 Å². The van der Waals surface area contributed by atoms with Crippen LogP contribution in [0.1, 0.15) is 15.9 Å². The van der Waals surface area contributed by atoms with Gasteiger partial charge >= 0.3 is 5.97 Å². The Kier molecular flexibility index (Phi) is 6.43. The summed E-state index contributed by atoms with van der Waals surface area (Å²) < 4.78 is 77.3. The monoisotopic (exact) mass is 437 g/mol. The maximum Gasteiger partial charge on any atom is 0.346 e. The van der Waals surface area contributed by atoms with Crippen molar-refractivity contribution in [3.63, 3.8) is 0 Å². The lowest BCUT2D eigenvalue weighted by atomic mass is 10.2. The molecule has 31 heavy (non-hydrogen) atoms. The smallest absolute Gasteiger partial charge is 0.346 e. The summed E-state index contributed by atoms with van der Waals surface area (Å²) >= 11 is 0. The summed E-state index contributed by atoms with van der Waals surface area (Å²) in [6.07, 6.45) is 1.06. The highest BCUT2D eigenvalue weighted by atomic mass is 19.2. The fourth-order valence-corrected chi connectivity index (χ4v) is 2.39. The van der Waals surface area contributed by atoms with Gasteiger partial charge in [0.2, 0.25) is 11.6 Å². The molecule has 0 amide bonds. The second-order valence-electron chi connectivity index (χ2n) is 5.85. The highest BCUT2D eigenvalue weighted by Gasteiger charge is 2.20. The number of carbonyl (C=O) groups is 1. The van der Waals surface area contributed by atoms with E-state index in [9.17, 15) is 26.7 Å². The average Bonchev–Trinajstić information content (AvgIpc) is 2.75. The Morgan fingerprint density at radius 1 is 1.00 bits per heavy atom. The van der Waals surface area contributed by atoms with E-state index in [0.717, 1.165) is 12.3 Å². The van der Waals surface area contributed by atoms with Crippen LogP contribution in [0.2, 0.25) is 0 Å². The van der Waals surface area contributed by atoms with E-state index in [4.69, 9.17) is 9.47 Å². The van der Waals surface area contributed by atoms with Crippen molar-refractivity contribution in [1.82, 2.24) is 4.98 Å². The molecular weight excluding hydrogens is 425 g/mol. The van der Waals surface area contributed by atoms with Crippen LogP contribution in [0.15, 0.2) is 47.6 Å². The van der Waals surface area contributed by atoms with Crippen molar-refractivity contribution < 1.29 is 36.2 Å². The summed E-state index contributed by atoms with van der Waals surface area (Å²) in [6.45, 7) is 0. The molecule has 0 fully saturated rings. The minimum absolute atomic E-state index is 0.0313. The molecular formula is C20H12F5N3O3. The number of ether oxygens (including phenoxy) is 2. The summed E-state index contributed by atoms with van der Waals surface area (Å²) in [5.41, 5.74) is 0.711. The van der Waals surface area contributed by atoms with E-state index in [1.54, 1.807) is 0 Å². The predicted octanol–water partition coefficient (Wildman–Crippen LogP) is 4.45. The van der Waals surface area contributed by atoms with Gasteiger partial charge < -0.3 is 9.47 Å². The maximum atomic E-state index is 13.7. The Morgan fingerprint density at radius 3 is 2.32 bits per heavy atom. The molecule has 0 bridgehead atoms. The van der Waals surface area contributed by atoms with Crippen LogP contribution in [0.4, 0.5) is 27.6 Å². The molecule has 3 rings (SSSR count). The summed E-state index contributed by atoms with van der Waals surface area (Å²) in [5.74, 6) is -8.84. The first-order valence-corrected chi connectivity index (χ1v) is 8.45. The van der Waals surface area contributed by atoms with E-state index in [2.05, 4.69) is 10.1 Å². The third kappa shape index (κ3) is 4.77. The van der Waals surface area contributed by atoms with Crippen LogP contribution in [-0.2, 0) is 0 Å². The average molecular weight is 437 g/mol. The Bertz CT molecular complexity index is 1140. The molecule has 0 saturated heterocycles. The van der Waals surface area contributed by atoms with E-state index in [-0.39, 0.29) is 17.1 Å². The lowest BCUT2D eigenvalue weighted by Crippen LogP contribution is -2.11. The highest BCUT2D eigenvalue weighted by molar-refractivity contribution is 5.92. The molecule has 1 aromatic heterocycles. The molecule has 0 atom stereocenters. The third-order valence-electron chi connectivity index (χ3n) is 3.87. The number of hydrazone groups is 1. The van der Waals surface area contributed by atoms with Crippen molar-refractivity contribution in [3.8, 4) is 11.5 Å². The van der Waals surface area contributed by atoms with Gasteiger partial charge in [-0.3, -0.25) is 5.43 Å². The number of aromatic nitrogens is 1. The van der Waals surface area contributed by atoms with Gasteiger partial charge in [-0.25, -0.2) is 9.18 Å².